The van der Waals surface area contributed by atoms with Gasteiger partial charge in [-0.15, -0.1) is 0 Å². The second kappa shape index (κ2) is 11.4. The third-order valence-corrected chi connectivity index (χ3v) is 2.89. The molecule has 0 saturated heterocycles. The minimum atomic E-state index is -0.180. The van der Waals surface area contributed by atoms with Gasteiger partial charge in [0.25, 0.3) is 0 Å². The van der Waals surface area contributed by atoms with Gasteiger partial charge in [0.05, 0.1) is 20.3 Å². The summed E-state index contributed by atoms with van der Waals surface area (Å²) < 4.78 is 15.4. The molecule has 0 aliphatic carbocycles. The molecule has 0 fully saturated rings. The molecule has 1 rings (SSSR count). The zero-order valence-electron chi connectivity index (χ0n) is 12.7. The molecule has 0 N–H and O–H groups in total. The van der Waals surface area contributed by atoms with Crippen LogP contribution in [0.2, 0.25) is 0 Å². The van der Waals surface area contributed by atoms with Crippen LogP contribution in [0.1, 0.15) is 18.4 Å². The predicted molar refractivity (Wildman–Crippen MR) is 81.7 cm³/mol. The molecule has 0 spiro atoms. The summed E-state index contributed by atoms with van der Waals surface area (Å²) in [6.07, 6.45) is 2.03. The number of methoxy groups -OCH3 is 1. The number of nitrogens with zero attached hydrogens (tertiary/aromatic N) is 3. The van der Waals surface area contributed by atoms with Gasteiger partial charge >= 0.3 is 5.97 Å². The van der Waals surface area contributed by atoms with Crippen LogP contribution in [0, 0.1) is 0 Å². The number of carbonyl (C=O) groups excluding carboxylic acids is 1. The normalized spacial score (nSPS) is 9.86. The lowest BCUT2D eigenvalue weighted by Gasteiger charge is -2.07. The Morgan fingerprint density at radius 1 is 1.23 bits per heavy atom. The number of hydrogen-bond donors (Lipinski definition) is 0. The molecule has 22 heavy (non-hydrogen) atoms. The van der Waals surface area contributed by atoms with E-state index in [4.69, 9.17) is 15.0 Å². The van der Waals surface area contributed by atoms with Gasteiger partial charge in [-0.05, 0) is 36.1 Å². The Morgan fingerprint density at radius 2 is 2.00 bits per heavy atom. The molecule has 0 amide bonds. The highest BCUT2D eigenvalue weighted by molar-refractivity contribution is 5.69. The molecule has 1 aromatic rings. The van der Waals surface area contributed by atoms with Crippen molar-refractivity contribution in [3.05, 3.63) is 40.3 Å². The predicted octanol–water partition coefficient (Wildman–Crippen LogP) is 2.89. The Labute approximate surface area is 129 Å². The summed E-state index contributed by atoms with van der Waals surface area (Å²) in [4.78, 5) is 13.6. The molecule has 0 radical (unpaired) electrons. The van der Waals surface area contributed by atoms with Gasteiger partial charge in [-0.2, -0.15) is 0 Å². The van der Waals surface area contributed by atoms with E-state index in [1.807, 2.05) is 24.3 Å². The van der Waals surface area contributed by atoms with Crippen molar-refractivity contribution in [2.75, 3.05) is 33.5 Å². The fraction of sp³-hybridized carbons (Fsp3) is 0.533. The number of hydrogen-bond acceptors (Lipinski definition) is 5. The summed E-state index contributed by atoms with van der Waals surface area (Å²) in [5.74, 6) is 0.593. The minimum Gasteiger partial charge on any atom is -0.491 e. The van der Waals surface area contributed by atoms with Crippen molar-refractivity contribution >= 4 is 5.97 Å². The Hall–Kier alpha value is -2.24. The molecule has 0 bridgehead atoms. The van der Waals surface area contributed by atoms with Gasteiger partial charge in [-0.1, -0.05) is 17.2 Å². The molecule has 0 unspecified atom stereocenters. The van der Waals surface area contributed by atoms with Crippen LogP contribution in [0.5, 0.6) is 5.75 Å². The lowest BCUT2D eigenvalue weighted by molar-refractivity contribution is -0.140. The maximum atomic E-state index is 11.0. The molecule has 1 aromatic carbocycles. The van der Waals surface area contributed by atoms with Gasteiger partial charge < -0.3 is 14.2 Å². The van der Waals surface area contributed by atoms with Gasteiger partial charge in [0.2, 0.25) is 0 Å². The molecule has 0 aliphatic rings. The maximum Gasteiger partial charge on any atom is 0.305 e. The lowest BCUT2D eigenvalue weighted by atomic mass is 10.1. The topological polar surface area (TPSA) is 93.5 Å². The number of esters is 1. The second-order valence-corrected chi connectivity index (χ2v) is 4.49. The smallest absolute Gasteiger partial charge is 0.305 e. The third-order valence-electron chi connectivity index (χ3n) is 2.89. The summed E-state index contributed by atoms with van der Waals surface area (Å²) in [5, 5.41) is 3.36. The van der Waals surface area contributed by atoms with E-state index in [0.29, 0.717) is 32.8 Å². The van der Waals surface area contributed by atoms with Crippen LogP contribution < -0.4 is 4.74 Å². The minimum absolute atomic E-state index is 0.180. The van der Waals surface area contributed by atoms with E-state index in [9.17, 15) is 4.79 Å². The average molecular weight is 307 g/mol. The van der Waals surface area contributed by atoms with E-state index in [0.717, 1.165) is 24.2 Å². The number of benzene rings is 1. The third kappa shape index (κ3) is 8.14. The first-order valence-electron chi connectivity index (χ1n) is 7.13. The Kier molecular flexibility index (Phi) is 9.25. The number of rotatable bonds is 11. The van der Waals surface area contributed by atoms with Crippen molar-refractivity contribution in [2.24, 2.45) is 5.11 Å². The molecule has 0 heterocycles. The van der Waals surface area contributed by atoms with Crippen LogP contribution in [0.4, 0.5) is 0 Å². The van der Waals surface area contributed by atoms with E-state index in [1.54, 1.807) is 0 Å². The monoisotopic (exact) mass is 307 g/mol. The average Bonchev–Trinajstić information content (AvgIpc) is 2.55. The molecule has 120 valence electrons. The van der Waals surface area contributed by atoms with Gasteiger partial charge in [-0.25, -0.2) is 0 Å². The van der Waals surface area contributed by atoms with Crippen LogP contribution >= 0.6 is 0 Å². The van der Waals surface area contributed by atoms with Crippen molar-refractivity contribution in [3.8, 4) is 5.75 Å². The lowest BCUT2D eigenvalue weighted by Crippen LogP contribution is -2.08. The first-order chi connectivity index (χ1) is 10.8. The van der Waals surface area contributed by atoms with Crippen molar-refractivity contribution < 1.29 is 19.0 Å². The SMILES string of the molecule is COC(=O)CCCc1ccc(OCCOCCN=[N+]=[N-])cc1. The van der Waals surface area contributed by atoms with E-state index in [2.05, 4.69) is 14.8 Å². The van der Waals surface area contributed by atoms with E-state index in [-0.39, 0.29) is 5.97 Å². The molecule has 0 aromatic heterocycles. The summed E-state index contributed by atoms with van der Waals surface area (Å²) >= 11 is 0. The van der Waals surface area contributed by atoms with Crippen molar-refractivity contribution in [1.29, 1.82) is 0 Å². The zero-order valence-corrected chi connectivity index (χ0v) is 12.7. The largest absolute Gasteiger partial charge is 0.491 e. The fourth-order valence-electron chi connectivity index (χ4n) is 1.76. The maximum absolute atomic E-state index is 11.0. The Morgan fingerprint density at radius 3 is 2.68 bits per heavy atom. The molecule has 0 atom stereocenters. The van der Waals surface area contributed by atoms with Crippen LogP contribution in [0.15, 0.2) is 29.4 Å². The van der Waals surface area contributed by atoms with E-state index < -0.39 is 0 Å². The highest BCUT2D eigenvalue weighted by Crippen LogP contribution is 2.14. The van der Waals surface area contributed by atoms with E-state index in [1.165, 1.54) is 7.11 Å². The second-order valence-electron chi connectivity index (χ2n) is 4.49. The quantitative estimate of drug-likeness (QED) is 0.206. The Bertz CT molecular complexity index is 484. The van der Waals surface area contributed by atoms with E-state index >= 15 is 0 Å². The zero-order chi connectivity index (χ0) is 16.0. The Balaban J connectivity index is 2.16. The molecular weight excluding hydrogens is 286 g/mol. The van der Waals surface area contributed by atoms with Crippen molar-refractivity contribution in [2.45, 2.75) is 19.3 Å². The van der Waals surface area contributed by atoms with Crippen molar-refractivity contribution in [1.82, 2.24) is 0 Å². The van der Waals surface area contributed by atoms with Gasteiger partial charge in [0.1, 0.15) is 12.4 Å². The molecule has 0 saturated carbocycles. The highest BCUT2D eigenvalue weighted by atomic mass is 16.5. The standard InChI is InChI=1S/C15H21N3O4/c1-20-15(19)4-2-3-13-5-7-14(8-6-13)22-12-11-21-10-9-17-18-16/h5-8H,2-4,9-12H2,1H3. The molecular formula is C15H21N3O4. The van der Waals surface area contributed by atoms with Crippen LogP contribution in [0.25, 0.3) is 10.4 Å². The van der Waals surface area contributed by atoms with Gasteiger partial charge in [0, 0.05) is 17.9 Å². The number of ether oxygens (including phenoxy) is 3. The summed E-state index contributed by atoms with van der Waals surface area (Å²) in [5.41, 5.74) is 9.24. The fourth-order valence-corrected chi connectivity index (χ4v) is 1.76. The molecule has 7 nitrogen and oxygen atoms in total. The molecule has 0 aliphatic heterocycles. The van der Waals surface area contributed by atoms with Gasteiger partial charge in [-0.3, -0.25) is 4.79 Å². The molecule has 7 heteroatoms. The highest BCUT2D eigenvalue weighted by Gasteiger charge is 2.01. The first kappa shape index (κ1) is 17.8. The number of azide groups is 1. The summed E-state index contributed by atoms with van der Waals surface area (Å²) in [7, 11) is 1.40. The van der Waals surface area contributed by atoms with Crippen LogP contribution in [0.3, 0.4) is 0 Å². The van der Waals surface area contributed by atoms with Crippen LogP contribution in [-0.2, 0) is 20.7 Å². The van der Waals surface area contributed by atoms with Crippen molar-refractivity contribution in [3.63, 3.8) is 0 Å². The first-order valence-corrected chi connectivity index (χ1v) is 7.13. The summed E-state index contributed by atoms with van der Waals surface area (Å²) in [6, 6.07) is 7.76. The number of carbonyl (C=O) groups is 1. The number of aryl methyl sites for hydroxylation is 1. The van der Waals surface area contributed by atoms with Crippen LogP contribution in [-0.4, -0.2) is 39.4 Å². The van der Waals surface area contributed by atoms with Gasteiger partial charge in [0.15, 0.2) is 0 Å². The summed E-state index contributed by atoms with van der Waals surface area (Å²) in [6.45, 7) is 1.61.